The summed E-state index contributed by atoms with van der Waals surface area (Å²) in [6, 6.07) is 9.77. The Hall–Kier alpha value is -2.59. The number of esters is 1. The van der Waals surface area contributed by atoms with Crippen LogP contribution in [0.3, 0.4) is 0 Å². The fourth-order valence-corrected chi connectivity index (χ4v) is 3.36. The molecule has 0 atom stereocenters. The maximum Gasteiger partial charge on any atom is 0.337 e. The normalized spacial score (nSPS) is 15.8. The van der Waals surface area contributed by atoms with Crippen LogP contribution in [0.1, 0.15) is 35.2 Å². The molecule has 2 rings (SSSR count). The number of nitrogens with one attached hydrogen (secondary N) is 1. The summed E-state index contributed by atoms with van der Waals surface area (Å²) in [4.78, 5) is 27.6. The third-order valence-corrected chi connectivity index (χ3v) is 5.35. The smallest absolute Gasteiger partial charge is 0.337 e. The number of hydrogen-bond donors (Lipinski definition) is 1. The summed E-state index contributed by atoms with van der Waals surface area (Å²) in [5.41, 5.74) is 1.21. The number of urea groups is 1. The van der Waals surface area contributed by atoms with Crippen LogP contribution in [0.5, 0.6) is 0 Å². The first kappa shape index (κ1) is 21.7. The molecule has 1 saturated heterocycles. The molecule has 0 unspecified atom stereocenters. The van der Waals surface area contributed by atoms with E-state index in [9.17, 15) is 14.9 Å². The van der Waals surface area contributed by atoms with Gasteiger partial charge in [0.1, 0.15) is 0 Å². The molecule has 1 aliphatic rings. The topological polar surface area (TPSA) is 85.7 Å². The van der Waals surface area contributed by atoms with Crippen LogP contribution in [0.2, 0.25) is 0 Å². The van der Waals surface area contributed by atoms with Gasteiger partial charge in [-0.25, -0.2) is 9.59 Å². The molecule has 0 bridgehead atoms. The highest BCUT2D eigenvalue weighted by Crippen LogP contribution is 2.35. The second-order valence-electron chi connectivity index (χ2n) is 7.60. The van der Waals surface area contributed by atoms with Crippen LogP contribution in [-0.4, -0.2) is 69.2 Å². The summed E-state index contributed by atoms with van der Waals surface area (Å²) in [6.45, 7) is 2.62. The molecule has 1 aromatic carbocycles. The van der Waals surface area contributed by atoms with E-state index in [1.54, 1.807) is 17.0 Å². The van der Waals surface area contributed by atoms with Crippen LogP contribution < -0.4 is 5.32 Å². The molecule has 2 amide bonds. The van der Waals surface area contributed by atoms with Crippen molar-refractivity contribution in [3.63, 3.8) is 0 Å². The van der Waals surface area contributed by atoms with Gasteiger partial charge < -0.3 is 19.9 Å². The second kappa shape index (κ2) is 10.1. The maximum atomic E-state index is 12.2. The van der Waals surface area contributed by atoms with E-state index in [4.69, 9.17) is 4.74 Å². The lowest BCUT2D eigenvalue weighted by Crippen LogP contribution is -2.48. The number of carbonyl (C=O) groups excluding carboxylic acids is 2. The molecule has 1 fully saturated rings. The van der Waals surface area contributed by atoms with Crippen molar-refractivity contribution in [1.82, 2.24) is 15.1 Å². The Balaban J connectivity index is 1.84. The van der Waals surface area contributed by atoms with E-state index in [1.165, 1.54) is 7.11 Å². The van der Waals surface area contributed by atoms with Crippen LogP contribution >= 0.6 is 0 Å². The second-order valence-corrected chi connectivity index (χ2v) is 7.60. The molecule has 7 nitrogen and oxygen atoms in total. The number of nitriles is 1. The molecule has 0 aliphatic carbocycles. The Kier molecular flexibility index (Phi) is 7.82. The Morgan fingerprint density at radius 3 is 2.43 bits per heavy atom. The SMILES string of the molecule is COC(=O)c1ccc(CCC2(C#N)CCN(C(=O)NCCN(C)C)CC2)cc1. The summed E-state index contributed by atoms with van der Waals surface area (Å²) >= 11 is 0. The van der Waals surface area contributed by atoms with Gasteiger partial charge in [-0.1, -0.05) is 12.1 Å². The lowest BCUT2D eigenvalue weighted by Gasteiger charge is -2.37. The third-order valence-electron chi connectivity index (χ3n) is 5.35. The van der Waals surface area contributed by atoms with Gasteiger partial charge in [-0.2, -0.15) is 5.26 Å². The molecule has 7 heteroatoms. The number of aryl methyl sites for hydroxylation is 1. The molecular formula is C21H30N4O3. The zero-order chi connectivity index (χ0) is 20.6. The summed E-state index contributed by atoms with van der Waals surface area (Å²) in [7, 11) is 5.30. The average molecular weight is 386 g/mol. The molecule has 28 heavy (non-hydrogen) atoms. The van der Waals surface area contributed by atoms with Gasteiger partial charge in [0.2, 0.25) is 0 Å². The van der Waals surface area contributed by atoms with Crippen molar-refractivity contribution in [2.75, 3.05) is 47.4 Å². The summed E-state index contributed by atoms with van der Waals surface area (Å²) in [5, 5.41) is 12.7. The van der Waals surface area contributed by atoms with E-state index < -0.39 is 5.41 Å². The standard InChI is InChI=1S/C21H30N4O3/c1-24(2)15-12-23-20(27)25-13-10-21(16-22,11-14-25)9-8-17-4-6-18(7-5-17)19(26)28-3/h4-7H,8-15H2,1-3H3,(H,23,27). The highest BCUT2D eigenvalue weighted by atomic mass is 16.5. The zero-order valence-electron chi connectivity index (χ0n) is 17.0. The zero-order valence-corrected chi connectivity index (χ0v) is 17.0. The minimum Gasteiger partial charge on any atom is -0.465 e. The minimum absolute atomic E-state index is 0.0493. The van der Waals surface area contributed by atoms with Crippen molar-refractivity contribution in [1.29, 1.82) is 5.26 Å². The molecule has 152 valence electrons. The highest BCUT2D eigenvalue weighted by Gasteiger charge is 2.35. The van der Waals surface area contributed by atoms with E-state index in [0.717, 1.165) is 24.9 Å². The Bertz CT molecular complexity index is 701. The summed E-state index contributed by atoms with van der Waals surface area (Å²) in [6.07, 6.45) is 2.89. The number of ether oxygens (including phenoxy) is 1. The number of likely N-dealkylation sites (tertiary alicyclic amines) is 1. The Labute approximate surface area is 167 Å². The number of likely N-dealkylation sites (N-methyl/N-ethyl adjacent to an activating group) is 1. The van der Waals surface area contributed by atoms with Gasteiger partial charge in [-0.05, 0) is 57.5 Å². The van der Waals surface area contributed by atoms with Crippen molar-refractivity contribution in [2.24, 2.45) is 5.41 Å². The van der Waals surface area contributed by atoms with Crippen LogP contribution in [0.15, 0.2) is 24.3 Å². The Morgan fingerprint density at radius 1 is 1.25 bits per heavy atom. The highest BCUT2D eigenvalue weighted by molar-refractivity contribution is 5.89. The lowest BCUT2D eigenvalue weighted by molar-refractivity contribution is 0.0600. The minimum atomic E-state index is -0.401. The van der Waals surface area contributed by atoms with Crippen molar-refractivity contribution in [3.05, 3.63) is 35.4 Å². The predicted octanol–water partition coefficient (Wildman–Crippen LogP) is 2.28. The number of nitrogens with zero attached hydrogens (tertiary/aromatic N) is 3. The van der Waals surface area contributed by atoms with Crippen LogP contribution in [-0.2, 0) is 11.2 Å². The van der Waals surface area contributed by atoms with E-state index >= 15 is 0 Å². The molecule has 0 saturated carbocycles. The van der Waals surface area contributed by atoms with E-state index in [1.807, 2.05) is 31.1 Å². The van der Waals surface area contributed by atoms with Gasteiger partial charge in [0, 0.05) is 26.2 Å². The first-order chi connectivity index (χ1) is 13.4. The molecule has 0 spiro atoms. The first-order valence-electron chi connectivity index (χ1n) is 9.65. The number of rotatable bonds is 7. The monoisotopic (exact) mass is 386 g/mol. The summed E-state index contributed by atoms with van der Waals surface area (Å²) in [5.74, 6) is -0.351. The van der Waals surface area contributed by atoms with Crippen molar-refractivity contribution in [3.8, 4) is 6.07 Å². The largest absolute Gasteiger partial charge is 0.465 e. The van der Waals surface area contributed by atoms with Crippen LogP contribution in [0.25, 0.3) is 0 Å². The van der Waals surface area contributed by atoms with Gasteiger partial charge in [0.15, 0.2) is 0 Å². The molecule has 0 aromatic heterocycles. The number of piperidine rings is 1. The number of carbonyl (C=O) groups is 2. The quantitative estimate of drug-likeness (QED) is 0.727. The van der Waals surface area contributed by atoms with Gasteiger partial charge >= 0.3 is 12.0 Å². The number of methoxy groups -OCH3 is 1. The average Bonchev–Trinajstić information content (AvgIpc) is 2.72. The van der Waals surface area contributed by atoms with Gasteiger partial charge in [-0.15, -0.1) is 0 Å². The number of benzene rings is 1. The van der Waals surface area contributed by atoms with Crippen molar-refractivity contribution < 1.29 is 14.3 Å². The molecule has 1 aliphatic heterocycles. The molecule has 0 radical (unpaired) electrons. The van der Waals surface area contributed by atoms with E-state index in [2.05, 4.69) is 11.4 Å². The third kappa shape index (κ3) is 5.96. The maximum absolute atomic E-state index is 12.2. The first-order valence-corrected chi connectivity index (χ1v) is 9.65. The lowest BCUT2D eigenvalue weighted by atomic mass is 9.75. The van der Waals surface area contributed by atoms with Crippen molar-refractivity contribution >= 4 is 12.0 Å². The van der Waals surface area contributed by atoms with E-state index in [0.29, 0.717) is 38.0 Å². The Morgan fingerprint density at radius 2 is 1.89 bits per heavy atom. The molecule has 1 N–H and O–H groups in total. The van der Waals surface area contributed by atoms with Gasteiger partial charge in [0.25, 0.3) is 0 Å². The summed E-state index contributed by atoms with van der Waals surface area (Å²) < 4.78 is 4.71. The fraction of sp³-hybridized carbons (Fsp3) is 0.571. The van der Waals surface area contributed by atoms with E-state index in [-0.39, 0.29) is 12.0 Å². The van der Waals surface area contributed by atoms with Gasteiger partial charge in [-0.3, -0.25) is 0 Å². The van der Waals surface area contributed by atoms with Gasteiger partial charge in [0.05, 0.1) is 24.2 Å². The number of amides is 2. The van der Waals surface area contributed by atoms with Crippen LogP contribution in [0, 0.1) is 16.7 Å². The van der Waals surface area contributed by atoms with Crippen LogP contribution in [0.4, 0.5) is 4.79 Å². The van der Waals surface area contributed by atoms with Crippen molar-refractivity contribution in [2.45, 2.75) is 25.7 Å². The molecule has 1 heterocycles. The predicted molar refractivity (Wildman–Crippen MR) is 107 cm³/mol. The fourth-order valence-electron chi connectivity index (χ4n) is 3.36. The molecular weight excluding hydrogens is 356 g/mol. The number of hydrogen-bond acceptors (Lipinski definition) is 5. The molecule has 1 aromatic rings.